The van der Waals surface area contributed by atoms with Crippen molar-refractivity contribution in [2.45, 2.75) is 0 Å². The van der Waals surface area contributed by atoms with Crippen molar-refractivity contribution in [2.24, 2.45) is 4.99 Å². The molecule has 4 nitrogen and oxygen atoms in total. The minimum Gasteiger partial charge on any atom is -0.421 e. The van der Waals surface area contributed by atoms with Crippen LogP contribution in [0.4, 0.5) is 6.01 Å². The molecule has 0 saturated heterocycles. The molecule has 0 spiro atoms. The maximum atomic E-state index is 9.90. The van der Waals surface area contributed by atoms with E-state index in [9.17, 15) is 4.79 Å². The predicted octanol–water partition coefficient (Wildman–Crippen LogP) is 2.45. The quantitative estimate of drug-likeness (QED) is 0.518. The SMILES string of the molecule is O=C=Nc1nc2cc(Cl)ccc2o1. The van der Waals surface area contributed by atoms with Crippen LogP contribution in [-0.4, -0.2) is 11.1 Å². The van der Waals surface area contributed by atoms with Crippen LogP contribution in [-0.2, 0) is 4.79 Å². The summed E-state index contributed by atoms with van der Waals surface area (Å²) in [6, 6.07) is 4.95. The zero-order chi connectivity index (χ0) is 9.26. The molecule has 0 N–H and O–H groups in total. The Morgan fingerprint density at radius 1 is 1.54 bits per heavy atom. The third-order valence-electron chi connectivity index (χ3n) is 1.48. The van der Waals surface area contributed by atoms with E-state index in [4.69, 9.17) is 16.0 Å². The summed E-state index contributed by atoms with van der Waals surface area (Å²) in [5.74, 6) is 0. The van der Waals surface area contributed by atoms with Crippen LogP contribution in [0.25, 0.3) is 11.1 Å². The van der Waals surface area contributed by atoms with Gasteiger partial charge < -0.3 is 4.42 Å². The summed E-state index contributed by atoms with van der Waals surface area (Å²) in [6.45, 7) is 0. The number of aliphatic imine (C=N–C) groups is 1. The minimum absolute atomic E-state index is 0.00716. The number of benzene rings is 1. The monoisotopic (exact) mass is 194 g/mol. The average molecular weight is 195 g/mol. The number of nitrogens with zero attached hydrogens (tertiary/aromatic N) is 2. The first-order valence-electron chi connectivity index (χ1n) is 3.43. The van der Waals surface area contributed by atoms with E-state index in [0.29, 0.717) is 16.1 Å². The summed E-state index contributed by atoms with van der Waals surface area (Å²) in [4.78, 5) is 17.0. The number of fused-ring (bicyclic) bond motifs is 1. The Labute approximate surface area is 77.9 Å². The molecular weight excluding hydrogens is 192 g/mol. The summed E-state index contributed by atoms with van der Waals surface area (Å²) >= 11 is 5.72. The topological polar surface area (TPSA) is 55.5 Å². The van der Waals surface area contributed by atoms with E-state index in [1.165, 1.54) is 6.08 Å². The van der Waals surface area contributed by atoms with Crippen LogP contribution in [0, 0.1) is 0 Å². The third-order valence-corrected chi connectivity index (χ3v) is 1.71. The zero-order valence-electron chi connectivity index (χ0n) is 6.32. The lowest BCUT2D eigenvalue weighted by Crippen LogP contribution is -1.66. The second kappa shape index (κ2) is 3.01. The molecule has 64 valence electrons. The first kappa shape index (κ1) is 7.98. The summed E-state index contributed by atoms with van der Waals surface area (Å²) in [7, 11) is 0. The van der Waals surface area contributed by atoms with Gasteiger partial charge in [0.1, 0.15) is 5.52 Å². The van der Waals surface area contributed by atoms with Gasteiger partial charge in [0, 0.05) is 5.02 Å². The highest BCUT2D eigenvalue weighted by Crippen LogP contribution is 2.23. The number of isocyanates is 1. The molecule has 0 aliphatic heterocycles. The van der Waals surface area contributed by atoms with Crippen LogP contribution >= 0.6 is 11.6 Å². The number of oxazole rings is 1. The van der Waals surface area contributed by atoms with Gasteiger partial charge in [-0.2, -0.15) is 4.98 Å². The Balaban J connectivity index is 2.68. The Kier molecular flexibility index (Phi) is 1.85. The summed E-state index contributed by atoms with van der Waals surface area (Å²) in [5.41, 5.74) is 1.11. The Bertz CT molecular complexity index is 500. The number of halogens is 1. The first-order chi connectivity index (χ1) is 6.29. The Morgan fingerprint density at radius 3 is 3.15 bits per heavy atom. The largest absolute Gasteiger partial charge is 0.421 e. The first-order valence-corrected chi connectivity index (χ1v) is 3.81. The van der Waals surface area contributed by atoms with Crippen molar-refractivity contribution in [3.63, 3.8) is 0 Å². The molecule has 0 saturated carbocycles. The van der Waals surface area contributed by atoms with Crippen molar-refractivity contribution in [3.8, 4) is 0 Å². The molecule has 0 unspecified atom stereocenters. The van der Waals surface area contributed by atoms with Gasteiger partial charge in [-0.3, -0.25) is 0 Å². The molecule has 13 heavy (non-hydrogen) atoms. The van der Waals surface area contributed by atoms with Gasteiger partial charge in [0.25, 0.3) is 0 Å². The fourth-order valence-electron chi connectivity index (χ4n) is 0.975. The molecule has 0 bridgehead atoms. The number of hydrogen-bond acceptors (Lipinski definition) is 4. The number of carbonyl (C=O) groups excluding carboxylic acids is 1. The van der Waals surface area contributed by atoms with Crippen LogP contribution in [0.15, 0.2) is 27.6 Å². The van der Waals surface area contributed by atoms with Crippen molar-refractivity contribution >= 4 is 34.8 Å². The van der Waals surface area contributed by atoms with Crippen molar-refractivity contribution < 1.29 is 9.21 Å². The van der Waals surface area contributed by atoms with Gasteiger partial charge >= 0.3 is 6.01 Å². The minimum atomic E-state index is -0.00716. The van der Waals surface area contributed by atoms with Crippen LogP contribution in [0.3, 0.4) is 0 Å². The standard InChI is InChI=1S/C8H3ClN2O2/c9-5-1-2-7-6(3-5)11-8(13-7)10-4-12/h1-3H. The number of rotatable bonds is 1. The third kappa shape index (κ3) is 1.45. The van der Waals surface area contributed by atoms with Crippen molar-refractivity contribution in [2.75, 3.05) is 0 Å². The lowest BCUT2D eigenvalue weighted by molar-refractivity contribution is 0.560. The maximum absolute atomic E-state index is 9.90. The smallest absolute Gasteiger partial charge is 0.333 e. The molecule has 0 radical (unpaired) electrons. The fourth-order valence-corrected chi connectivity index (χ4v) is 1.14. The van der Waals surface area contributed by atoms with Crippen LogP contribution in [0.2, 0.25) is 5.02 Å². The summed E-state index contributed by atoms with van der Waals surface area (Å²) in [6.07, 6.45) is 1.35. The van der Waals surface area contributed by atoms with Crippen LogP contribution in [0.1, 0.15) is 0 Å². The van der Waals surface area contributed by atoms with E-state index >= 15 is 0 Å². The van der Waals surface area contributed by atoms with Gasteiger partial charge in [-0.15, -0.1) is 4.99 Å². The highest BCUT2D eigenvalue weighted by atomic mass is 35.5. The van der Waals surface area contributed by atoms with E-state index < -0.39 is 0 Å². The fraction of sp³-hybridized carbons (Fsp3) is 0. The molecule has 1 aromatic heterocycles. The van der Waals surface area contributed by atoms with E-state index in [1.54, 1.807) is 18.2 Å². The Morgan fingerprint density at radius 2 is 2.38 bits per heavy atom. The second-order valence-corrected chi connectivity index (χ2v) is 2.75. The molecule has 0 fully saturated rings. The molecule has 0 amide bonds. The molecule has 0 aliphatic rings. The zero-order valence-corrected chi connectivity index (χ0v) is 7.08. The predicted molar refractivity (Wildman–Crippen MR) is 46.8 cm³/mol. The van der Waals surface area contributed by atoms with E-state index in [2.05, 4.69) is 9.98 Å². The van der Waals surface area contributed by atoms with Crippen molar-refractivity contribution in [3.05, 3.63) is 23.2 Å². The van der Waals surface area contributed by atoms with Crippen LogP contribution in [0.5, 0.6) is 0 Å². The van der Waals surface area contributed by atoms with Gasteiger partial charge in [-0.25, -0.2) is 4.79 Å². The molecule has 1 heterocycles. The molecule has 2 rings (SSSR count). The van der Waals surface area contributed by atoms with Crippen LogP contribution < -0.4 is 0 Å². The maximum Gasteiger partial charge on any atom is 0.333 e. The van der Waals surface area contributed by atoms with Gasteiger partial charge in [-0.05, 0) is 18.2 Å². The van der Waals surface area contributed by atoms with Gasteiger partial charge in [-0.1, -0.05) is 11.6 Å². The number of aromatic nitrogens is 1. The molecule has 0 aliphatic carbocycles. The average Bonchev–Trinajstić information content (AvgIpc) is 2.46. The van der Waals surface area contributed by atoms with Gasteiger partial charge in [0.15, 0.2) is 5.58 Å². The second-order valence-electron chi connectivity index (χ2n) is 2.31. The lowest BCUT2D eigenvalue weighted by atomic mass is 10.3. The summed E-state index contributed by atoms with van der Waals surface area (Å²) < 4.78 is 5.06. The normalized spacial score (nSPS) is 9.92. The van der Waals surface area contributed by atoms with Crippen molar-refractivity contribution in [1.82, 2.24) is 4.98 Å². The molecule has 1 aromatic carbocycles. The van der Waals surface area contributed by atoms with E-state index in [-0.39, 0.29) is 6.01 Å². The van der Waals surface area contributed by atoms with E-state index in [1.807, 2.05) is 0 Å². The molecular formula is C8H3ClN2O2. The summed E-state index contributed by atoms with van der Waals surface area (Å²) in [5, 5.41) is 0.558. The highest BCUT2D eigenvalue weighted by Gasteiger charge is 2.03. The molecule has 2 aromatic rings. The Hall–Kier alpha value is -1.64. The lowest BCUT2D eigenvalue weighted by Gasteiger charge is -1.85. The number of hydrogen-bond donors (Lipinski definition) is 0. The van der Waals surface area contributed by atoms with E-state index in [0.717, 1.165) is 0 Å². The molecule has 5 heteroatoms. The highest BCUT2D eigenvalue weighted by molar-refractivity contribution is 6.31. The van der Waals surface area contributed by atoms with Crippen molar-refractivity contribution in [1.29, 1.82) is 0 Å². The molecule has 0 atom stereocenters. The van der Waals surface area contributed by atoms with Gasteiger partial charge in [0.05, 0.1) is 0 Å². The van der Waals surface area contributed by atoms with Gasteiger partial charge in [0.2, 0.25) is 6.08 Å².